The van der Waals surface area contributed by atoms with Crippen LogP contribution in [0.1, 0.15) is 32.3 Å². The van der Waals surface area contributed by atoms with E-state index in [1.54, 1.807) is 4.90 Å². The number of halogens is 1. The van der Waals surface area contributed by atoms with Crippen molar-refractivity contribution in [2.75, 3.05) is 26.2 Å². The van der Waals surface area contributed by atoms with E-state index >= 15 is 0 Å². The molecule has 0 aromatic heterocycles. The molecule has 0 bridgehead atoms. The zero-order chi connectivity index (χ0) is 13.7. The fraction of sp³-hybridized carbons (Fsp3) is 0.625. The molecule has 19 heavy (non-hydrogen) atoms. The maximum absolute atomic E-state index is 6.05. The van der Waals surface area contributed by atoms with Crippen LogP contribution in [0.4, 0.5) is 0 Å². The molecule has 1 aliphatic heterocycles. The Kier molecular flexibility index (Phi) is 5.68. The predicted octanol–water partition coefficient (Wildman–Crippen LogP) is 0.812. The minimum atomic E-state index is 0.859. The summed E-state index contributed by atoms with van der Waals surface area (Å²) in [7, 11) is 0. The van der Waals surface area contributed by atoms with Crippen LogP contribution in [0.25, 0.3) is 0 Å². The van der Waals surface area contributed by atoms with Gasteiger partial charge in [0.1, 0.15) is 32.7 Å². The first-order chi connectivity index (χ1) is 9.22. The van der Waals surface area contributed by atoms with Gasteiger partial charge in [-0.25, -0.2) is 0 Å². The monoisotopic (exact) mass is 282 g/mol. The molecule has 3 heteroatoms. The van der Waals surface area contributed by atoms with E-state index < -0.39 is 0 Å². The molecular weight excluding hydrogens is 256 g/mol. The van der Waals surface area contributed by atoms with E-state index in [9.17, 15) is 0 Å². The summed E-state index contributed by atoms with van der Waals surface area (Å²) < 4.78 is 0. The third-order valence-electron chi connectivity index (χ3n) is 4.51. The summed E-state index contributed by atoms with van der Waals surface area (Å²) >= 11 is 6.05. The minimum Gasteiger partial charge on any atom is -0.323 e. The highest BCUT2D eigenvalue weighted by Crippen LogP contribution is 2.09. The van der Waals surface area contributed by atoms with Crippen LogP contribution in [0.15, 0.2) is 24.3 Å². The maximum Gasteiger partial charge on any atom is 0.127 e. The van der Waals surface area contributed by atoms with Gasteiger partial charge >= 0.3 is 0 Å². The lowest BCUT2D eigenvalue weighted by Crippen LogP contribution is -3.29. The lowest BCUT2D eigenvalue weighted by Gasteiger charge is -2.34. The highest BCUT2D eigenvalue weighted by atomic mass is 35.5. The van der Waals surface area contributed by atoms with E-state index in [1.807, 2.05) is 11.0 Å². The maximum atomic E-state index is 6.05. The molecule has 1 aromatic rings. The first kappa shape index (κ1) is 14.8. The van der Waals surface area contributed by atoms with Crippen molar-refractivity contribution in [2.45, 2.75) is 39.3 Å². The van der Waals surface area contributed by atoms with Crippen molar-refractivity contribution in [2.24, 2.45) is 0 Å². The molecule has 1 heterocycles. The molecule has 106 valence electrons. The average molecular weight is 283 g/mol. The largest absolute Gasteiger partial charge is 0.323 e. The van der Waals surface area contributed by atoms with Gasteiger partial charge in [-0.1, -0.05) is 37.6 Å². The Hall–Kier alpha value is -0.570. The smallest absolute Gasteiger partial charge is 0.127 e. The van der Waals surface area contributed by atoms with Crippen LogP contribution in [0.2, 0.25) is 5.02 Å². The number of rotatable bonds is 5. The van der Waals surface area contributed by atoms with E-state index in [1.165, 1.54) is 44.6 Å². The van der Waals surface area contributed by atoms with Crippen molar-refractivity contribution >= 4 is 11.6 Å². The van der Waals surface area contributed by atoms with Crippen LogP contribution in [0.3, 0.4) is 0 Å². The van der Waals surface area contributed by atoms with Crippen molar-refractivity contribution in [3.63, 3.8) is 0 Å². The number of benzene rings is 1. The fourth-order valence-electron chi connectivity index (χ4n) is 3.31. The summed E-state index contributed by atoms with van der Waals surface area (Å²) in [5.74, 6) is 0. The molecule has 0 aliphatic carbocycles. The summed E-state index contributed by atoms with van der Waals surface area (Å²) in [5, 5.41) is 0.859. The van der Waals surface area contributed by atoms with Crippen LogP contribution < -0.4 is 9.80 Å². The van der Waals surface area contributed by atoms with Crippen LogP contribution >= 0.6 is 11.6 Å². The van der Waals surface area contributed by atoms with E-state index in [0.29, 0.717) is 0 Å². The molecule has 2 N–H and O–H groups in total. The van der Waals surface area contributed by atoms with Crippen LogP contribution in [0.5, 0.6) is 0 Å². The van der Waals surface area contributed by atoms with Crippen molar-refractivity contribution in [3.8, 4) is 0 Å². The number of nitrogens with one attached hydrogen (secondary N) is 2. The first-order valence-corrected chi connectivity index (χ1v) is 8.03. The number of hydrogen-bond acceptors (Lipinski definition) is 0. The Labute approximate surface area is 122 Å². The van der Waals surface area contributed by atoms with Gasteiger partial charge in [-0.3, -0.25) is 0 Å². The second-order valence-electron chi connectivity index (χ2n) is 5.73. The summed E-state index contributed by atoms with van der Waals surface area (Å²) in [6, 6.07) is 9.18. The lowest BCUT2D eigenvalue weighted by molar-refractivity contribution is -1.03. The second-order valence-corrected chi connectivity index (χ2v) is 6.16. The molecule has 0 radical (unpaired) electrons. The summed E-state index contributed by atoms with van der Waals surface area (Å²) in [6.07, 6.45) is 2.63. The Balaban J connectivity index is 1.83. The zero-order valence-electron chi connectivity index (χ0n) is 12.2. The molecule has 0 amide bonds. The number of hydrogen-bond donors (Lipinski definition) is 2. The average Bonchev–Trinajstić information content (AvgIpc) is 2.42. The van der Waals surface area contributed by atoms with Gasteiger partial charge in [0.2, 0.25) is 0 Å². The van der Waals surface area contributed by atoms with Crippen molar-refractivity contribution in [1.29, 1.82) is 0 Å². The standard InChI is InChI=1S/C16H25ClN2/c1-3-16(4-2)19-10-8-18(9-11-19)13-14-6-5-7-15(17)12-14/h5-7,12,16H,3-4,8-11,13H2,1-2H3/p+2. The highest BCUT2D eigenvalue weighted by molar-refractivity contribution is 6.30. The van der Waals surface area contributed by atoms with Crippen LogP contribution in [0, 0.1) is 0 Å². The predicted molar refractivity (Wildman–Crippen MR) is 80.9 cm³/mol. The fourth-order valence-corrected chi connectivity index (χ4v) is 3.52. The number of quaternary nitrogens is 2. The van der Waals surface area contributed by atoms with Crippen LogP contribution in [-0.4, -0.2) is 32.2 Å². The van der Waals surface area contributed by atoms with Crippen LogP contribution in [-0.2, 0) is 6.54 Å². The van der Waals surface area contributed by atoms with Gasteiger partial charge in [0.05, 0.1) is 6.04 Å². The lowest BCUT2D eigenvalue weighted by atomic mass is 10.1. The normalized spacial score (nSPS) is 23.8. The van der Waals surface area contributed by atoms with Crippen molar-refractivity contribution in [1.82, 2.24) is 0 Å². The second kappa shape index (κ2) is 7.28. The topological polar surface area (TPSA) is 8.88 Å². The third kappa shape index (κ3) is 4.20. The Morgan fingerprint density at radius 1 is 1.11 bits per heavy atom. The van der Waals surface area contributed by atoms with E-state index in [-0.39, 0.29) is 0 Å². The molecule has 1 aromatic carbocycles. The molecule has 0 atom stereocenters. The van der Waals surface area contributed by atoms with Gasteiger partial charge in [-0.2, -0.15) is 0 Å². The van der Waals surface area contributed by atoms with Gasteiger partial charge < -0.3 is 9.80 Å². The summed E-state index contributed by atoms with van der Waals surface area (Å²) in [5.41, 5.74) is 1.37. The quantitative estimate of drug-likeness (QED) is 0.791. The zero-order valence-corrected chi connectivity index (χ0v) is 13.0. The Morgan fingerprint density at radius 2 is 1.79 bits per heavy atom. The molecule has 0 spiro atoms. The molecular formula is C16H27ClN2+2. The SMILES string of the molecule is CCC(CC)[NH+]1CC[NH+](Cc2cccc(Cl)c2)CC1. The minimum absolute atomic E-state index is 0.859. The van der Waals surface area contributed by atoms with Gasteiger partial charge in [0.15, 0.2) is 0 Å². The van der Waals surface area contributed by atoms with Gasteiger partial charge in [0.25, 0.3) is 0 Å². The summed E-state index contributed by atoms with van der Waals surface area (Å²) in [4.78, 5) is 3.52. The number of piperazine rings is 1. The Morgan fingerprint density at radius 3 is 2.37 bits per heavy atom. The van der Waals surface area contributed by atoms with Crippen molar-refractivity contribution in [3.05, 3.63) is 34.9 Å². The van der Waals surface area contributed by atoms with E-state index in [0.717, 1.165) is 17.6 Å². The van der Waals surface area contributed by atoms with Gasteiger partial charge in [0, 0.05) is 10.6 Å². The highest BCUT2D eigenvalue weighted by Gasteiger charge is 2.27. The molecule has 1 saturated heterocycles. The Bertz CT molecular complexity index is 382. The van der Waals surface area contributed by atoms with E-state index in [2.05, 4.69) is 32.0 Å². The first-order valence-electron chi connectivity index (χ1n) is 7.65. The molecule has 1 aliphatic rings. The molecule has 0 unspecified atom stereocenters. The van der Waals surface area contributed by atoms with Crippen molar-refractivity contribution < 1.29 is 9.80 Å². The third-order valence-corrected chi connectivity index (χ3v) is 4.74. The van der Waals surface area contributed by atoms with E-state index in [4.69, 9.17) is 11.6 Å². The molecule has 0 saturated carbocycles. The molecule has 1 fully saturated rings. The summed E-state index contributed by atoms with van der Waals surface area (Å²) in [6.45, 7) is 11.0. The molecule has 2 rings (SSSR count). The van der Waals surface area contributed by atoms with Gasteiger partial charge in [-0.05, 0) is 25.0 Å². The molecule has 2 nitrogen and oxygen atoms in total. The van der Waals surface area contributed by atoms with Gasteiger partial charge in [-0.15, -0.1) is 0 Å².